The Kier molecular flexibility index (Phi) is 2.20. The molecule has 1 aromatic rings. The smallest absolute Gasteiger partial charge is 0.362 e. The van der Waals surface area contributed by atoms with E-state index in [0.29, 0.717) is 12.1 Å². The van der Waals surface area contributed by atoms with Crippen LogP contribution >= 0.6 is 0 Å². The lowest BCUT2D eigenvalue weighted by atomic mass is 10.3. The van der Waals surface area contributed by atoms with Crippen molar-refractivity contribution in [2.24, 2.45) is 0 Å². The van der Waals surface area contributed by atoms with Crippen molar-refractivity contribution in [3.63, 3.8) is 0 Å². The third-order valence-corrected chi connectivity index (χ3v) is 1.27. The number of rotatable bonds is 2. The third kappa shape index (κ3) is 1.36. The highest BCUT2D eigenvalue weighted by atomic mass is 16.6. The van der Waals surface area contributed by atoms with Crippen LogP contribution in [0, 0.1) is 0 Å². The summed E-state index contributed by atoms with van der Waals surface area (Å²) in [7, 11) is 1.29. The molecular weight excluding hydrogens is 148 g/mol. The zero-order valence-electron chi connectivity index (χ0n) is 6.33. The number of hydrogen-bond donors (Lipinski definition) is 0. The van der Waals surface area contributed by atoms with E-state index in [0.717, 1.165) is 0 Å². The maximum absolute atomic E-state index is 10.9. The first kappa shape index (κ1) is 7.71. The average molecular weight is 156 g/mol. The van der Waals surface area contributed by atoms with Crippen LogP contribution in [-0.2, 0) is 11.2 Å². The van der Waals surface area contributed by atoms with E-state index in [-0.39, 0.29) is 5.69 Å². The lowest BCUT2D eigenvalue weighted by molar-refractivity contribution is 0.0587. The topological polar surface area (TPSA) is 65.2 Å². The molecule has 0 saturated heterocycles. The van der Waals surface area contributed by atoms with Gasteiger partial charge in [0.15, 0.2) is 0 Å². The van der Waals surface area contributed by atoms with Gasteiger partial charge in [-0.05, 0) is 11.6 Å². The summed E-state index contributed by atoms with van der Waals surface area (Å²) in [6.07, 6.45) is 0.605. The number of aromatic nitrogens is 2. The summed E-state index contributed by atoms with van der Waals surface area (Å²) < 4.78 is 8.79. The van der Waals surface area contributed by atoms with Gasteiger partial charge in [-0.3, -0.25) is 0 Å². The second-order valence-corrected chi connectivity index (χ2v) is 1.90. The van der Waals surface area contributed by atoms with E-state index in [1.54, 1.807) is 0 Å². The quantitative estimate of drug-likeness (QED) is 0.580. The lowest BCUT2D eigenvalue weighted by Crippen LogP contribution is -2.04. The van der Waals surface area contributed by atoms with Crippen molar-refractivity contribution in [2.45, 2.75) is 13.3 Å². The predicted octanol–water partition coefficient (Wildman–Crippen LogP) is 0.419. The largest absolute Gasteiger partial charge is 0.464 e. The van der Waals surface area contributed by atoms with E-state index in [9.17, 15) is 4.79 Å². The number of carbonyl (C=O) groups excluding carboxylic acids is 1. The second kappa shape index (κ2) is 3.14. The number of ether oxygens (including phenoxy) is 1. The summed E-state index contributed by atoms with van der Waals surface area (Å²) in [5.74, 6) is -0.511. The molecule has 0 atom stereocenters. The van der Waals surface area contributed by atoms with Gasteiger partial charge in [-0.15, -0.1) is 0 Å². The normalized spacial score (nSPS) is 9.64. The van der Waals surface area contributed by atoms with Crippen LogP contribution in [0.1, 0.15) is 23.1 Å². The van der Waals surface area contributed by atoms with Crippen LogP contribution in [0.15, 0.2) is 4.63 Å². The Morgan fingerprint density at radius 2 is 2.36 bits per heavy atom. The van der Waals surface area contributed by atoms with Gasteiger partial charge in [0.25, 0.3) is 0 Å². The summed E-state index contributed by atoms with van der Waals surface area (Å²) in [4.78, 5) is 10.9. The SMILES string of the molecule is CCc1nonc1C(=O)OC. The zero-order valence-corrected chi connectivity index (χ0v) is 6.33. The molecule has 5 nitrogen and oxygen atoms in total. The van der Waals surface area contributed by atoms with Crippen LogP contribution in [-0.4, -0.2) is 23.4 Å². The Balaban J connectivity index is 2.92. The van der Waals surface area contributed by atoms with Crippen molar-refractivity contribution in [1.29, 1.82) is 0 Å². The van der Waals surface area contributed by atoms with Crippen LogP contribution in [0.5, 0.6) is 0 Å². The standard InChI is InChI=1S/C6H8N2O3/c1-3-4-5(6(9)10-2)8-11-7-4/h3H2,1-2H3. The highest BCUT2D eigenvalue weighted by Crippen LogP contribution is 2.03. The van der Waals surface area contributed by atoms with Crippen LogP contribution in [0.3, 0.4) is 0 Å². The minimum Gasteiger partial charge on any atom is -0.464 e. The van der Waals surface area contributed by atoms with E-state index < -0.39 is 5.97 Å². The van der Waals surface area contributed by atoms with Crippen molar-refractivity contribution >= 4 is 5.97 Å². The van der Waals surface area contributed by atoms with E-state index in [1.807, 2.05) is 6.92 Å². The van der Waals surface area contributed by atoms with Gasteiger partial charge in [-0.2, -0.15) is 0 Å². The van der Waals surface area contributed by atoms with Gasteiger partial charge < -0.3 is 4.74 Å². The Hall–Kier alpha value is -1.39. The molecule has 0 radical (unpaired) electrons. The zero-order chi connectivity index (χ0) is 8.27. The molecule has 0 fully saturated rings. The molecule has 0 spiro atoms. The number of carbonyl (C=O) groups is 1. The van der Waals surface area contributed by atoms with E-state index >= 15 is 0 Å². The van der Waals surface area contributed by atoms with Crippen molar-refractivity contribution in [3.05, 3.63) is 11.4 Å². The third-order valence-electron chi connectivity index (χ3n) is 1.27. The molecule has 1 rings (SSSR count). The molecule has 0 amide bonds. The van der Waals surface area contributed by atoms with Gasteiger partial charge in [0, 0.05) is 0 Å². The Morgan fingerprint density at radius 3 is 2.91 bits per heavy atom. The molecular formula is C6H8N2O3. The average Bonchev–Trinajstić information content (AvgIpc) is 2.50. The summed E-state index contributed by atoms with van der Waals surface area (Å²) in [5.41, 5.74) is 0.687. The van der Waals surface area contributed by atoms with E-state index in [4.69, 9.17) is 0 Å². The molecule has 0 saturated carbocycles. The highest BCUT2D eigenvalue weighted by molar-refractivity contribution is 5.87. The molecule has 0 aliphatic heterocycles. The van der Waals surface area contributed by atoms with Crippen LogP contribution in [0.2, 0.25) is 0 Å². The summed E-state index contributed by atoms with van der Waals surface area (Å²) in [6, 6.07) is 0. The van der Waals surface area contributed by atoms with Crippen LogP contribution in [0.25, 0.3) is 0 Å². The lowest BCUT2D eigenvalue weighted by Gasteiger charge is -1.92. The molecule has 0 aromatic carbocycles. The minimum atomic E-state index is -0.511. The van der Waals surface area contributed by atoms with Gasteiger partial charge >= 0.3 is 5.97 Å². The summed E-state index contributed by atoms with van der Waals surface area (Å²) >= 11 is 0. The van der Waals surface area contributed by atoms with Crippen LogP contribution in [0.4, 0.5) is 0 Å². The fourth-order valence-corrected chi connectivity index (χ4v) is 0.690. The fourth-order valence-electron chi connectivity index (χ4n) is 0.690. The maximum Gasteiger partial charge on any atom is 0.362 e. The molecule has 11 heavy (non-hydrogen) atoms. The van der Waals surface area contributed by atoms with Crippen molar-refractivity contribution in [1.82, 2.24) is 10.3 Å². The molecule has 0 aliphatic rings. The molecule has 0 bridgehead atoms. The van der Waals surface area contributed by atoms with Gasteiger partial charge in [-0.1, -0.05) is 12.1 Å². The molecule has 0 unspecified atom stereocenters. The molecule has 0 N–H and O–H groups in total. The first-order valence-electron chi connectivity index (χ1n) is 3.19. The van der Waals surface area contributed by atoms with Gasteiger partial charge in [0.1, 0.15) is 5.69 Å². The molecule has 1 aromatic heterocycles. The predicted molar refractivity (Wildman–Crippen MR) is 35.0 cm³/mol. The second-order valence-electron chi connectivity index (χ2n) is 1.90. The molecule has 0 aliphatic carbocycles. The minimum absolute atomic E-state index is 0.162. The summed E-state index contributed by atoms with van der Waals surface area (Å²) in [5, 5.41) is 6.91. The Labute approximate surface area is 63.3 Å². The van der Waals surface area contributed by atoms with Crippen molar-refractivity contribution < 1.29 is 14.2 Å². The first-order chi connectivity index (χ1) is 5.29. The molecule has 60 valence electrons. The summed E-state index contributed by atoms with van der Waals surface area (Å²) in [6.45, 7) is 1.85. The number of nitrogens with zero attached hydrogens (tertiary/aromatic N) is 2. The Bertz CT molecular complexity index is 256. The van der Waals surface area contributed by atoms with E-state index in [2.05, 4.69) is 19.7 Å². The fraction of sp³-hybridized carbons (Fsp3) is 0.500. The van der Waals surface area contributed by atoms with Crippen molar-refractivity contribution in [2.75, 3.05) is 7.11 Å². The number of methoxy groups -OCH3 is 1. The molecule has 5 heteroatoms. The number of esters is 1. The molecule has 1 heterocycles. The van der Waals surface area contributed by atoms with Crippen molar-refractivity contribution in [3.8, 4) is 0 Å². The highest BCUT2D eigenvalue weighted by Gasteiger charge is 2.16. The van der Waals surface area contributed by atoms with Gasteiger partial charge in [0.2, 0.25) is 5.69 Å². The first-order valence-corrected chi connectivity index (χ1v) is 3.19. The number of hydrogen-bond acceptors (Lipinski definition) is 5. The van der Waals surface area contributed by atoms with Gasteiger partial charge in [0.05, 0.1) is 7.11 Å². The van der Waals surface area contributed by atoms with E-state index in [1.165, 1.54) is 7.11 Å². The number of aryl methyl sites for hydroxylation is 1. The maximum atomic E-state index is 10.9. The Morgan fingerprint density at radius 1 is 1.64 bits per heavy atom. The van der Waals surface area contributed by atoms with Gasteiger partial charge in [-0.25, -0.2) is 9.42 Å². The monoisotopic (exact) mass is 156 g/mol. The van der Waals surface area contributed by atoms with Crippen LogP contribution < -0.4 is 0 Å².